The van der Waals surface area contributed by atoms with Crippen molar-refractivity contribution in [3.8, 4) is 0 Å². The SMILES string of the molecule is O=P(O)(O)CCC1CO1. The minimum atomic E-state index is -3.76. The van der Waals surface area contributed by atoms with Gasteiger partial charge in [0.05, 0.1) is 18.9 Å². The van der Waals surface area contributed by atoms with Crippen molar-refractivity contribution >= 4 is 7.60 Å². The molecule has 2 N–H and O–H groups in total. The first-order chi connectivity index (χ1) is 4.08. The Hall–Kier alpha value is 0.110. The number of rotatable bonds is 3. The van der Waals surface area contributed by atoms with E-state index in [0.29, 0.717) is 13.0 Å². The smallest absolute Gasteiger partial charge is 0.325 e. The molecule has 5 heteroatoms. The molecule has 0 spiro atoms. The molecule has 1 unspecified atom stereocenters. The van der Waals surface area contributed by atoms with Crippen LogP contribution in [0.1, 0.15) is 6.42 Å². The summed E-state index contributed by atoms with van der Waals surface area (Å²) in [5.41, 5.74) is 0. The van der Waals surface area contributed by atoms with Crippen molar-refractivity contribution in [2.75, 3.05) is 12.8 Å². The van der Waals surface area contributed by atoms with Gasteiger partial charge in [-0.05, 0) is 6.42 Å². The maximum atomic E-state index is 10.2. The first-order valence-electron chi connectivity index (χ1n) is 2.74. The molecule has 54 valence electrons. The van der Waals surface area contributed by atoms with Gasteiger partial charge in [-0.2, -0.15) is 0 Å². The van der Waals surface area contributed by atoms with E-state index in [1.165, 1.54) is 0 Å². The Kier molecular flexibility index (Phi) is 1.91. The van der Waals surface area contributed by atoms with E-state index in [9.17, 15) is 4.57 Å². The van der Waals surface area contributed by atoms with Crippen LogP contribution in [0.15, 0.2) is 0 Å². The van der Waals surface area contributed by atoms with Gasteiger partial charge in [-0.1, -0.05) is 0 Å². The molecule has 0 aromatic carbocycles. The van der Waals surface area contributed by atoms with Gasteiger partial charge in [-0.15, -0.1) is 0 Å². The van der Waals surface area contributed by atoms with Crippen LogP contribution in [-0.2, 0) is 9.30 Å². The lowest BCUT2D eigenvalue weighted by molar-refractivity contribution is 0.360. The second-order valence-corrected chi connectivity index (χ2v) is 3.91. The molecular formula is C4H9O4P. The zero-order chi connectivity index (χ0) is 6.91. The van der Waals surface area contributed by atoms with Crippen LogP contribution < -0.4 is 0 Å². The second-order valence-electron chi connectivity index (χ2n) is 2.13. The Labute approximate surface area is 53.0 Å². The lowest BCUT2D eigenvalue weighted by Crippen LogP contribution is -1.92. The van der Waals surface area contributed by atoms with E-state index in [1.807, 2.05) is 0 Å². The van der Waals surface area contributed by atoms with E-state index in [0.717, 1.165) is 0 Å². The summed E-state index contributed by atoms with van der Waals surface area (Å²) in [5.74, 6) is 0. The van der Waals surface area contributed by atoms with Gasteiger partial charge in [0.15, 0.2) is 0 Å². The lowest BCUT2D eigenvalue weighted by Gasteiger charge is -1.98. The standard InChI is InChI=1S/C4H9O4P/c5-9(6,7)2-1-4-3-8-4/h4H,1-3H2,(H2,5,6,7). The average Bonchev–Trinajstić information content (AvgIpc) is 2.38. The van der Waals surface area contributed by atoms with E-state index >= 15 is 0 Å². The zero-order valence-corrected chi connectivity index (χ0v) is 5.75. The number of epoxide rings is 1. The highest BCUT2D eigenvalue weighted by molar-refractivity contribution is 7.51. The number of hydrogen-bond donors (Lipinski definition) is 2. The third kappa shape index (κ3) is 3.65. The summed E-state index contributed by atoms with van der Waals surface area (Å²) in [6.07, 6.45) is 0.569. The molecule has 1 heterocycles. The molecule has 1 saturated heterocycles. The van der Waals surface area contributed by atoms with Crippen LogP contribution in [0.2, 0.25) is 0 Å². The molecule has 0 aromatic rings. The van der Waals surface area contributed by atoms with Crippen LogP contribution in [0.4, 0.5) is 0 Å². The fraction of sp³-hybridized carbons (Fsp3) is 1.00. The van der Waals surface area contributed by atoms with E-state index < -0.39 is 7.60 Å². The van der Waals surface area contributed by atoms with Crippen LogP contribution in [0, 0.1) is 0 Å². The fourth-order valence-corrected chi connectivity index (χ4v) is 1.17. The highest BCUT2D eigenvalue weighted by atomic mass is 31.2. The molecule has 1 aliphatic rings. The molecule has 0 radical (unpaired) electrons. The normalized spacial score (nSPS) is 26.2. The zero-order valence-electron chi connectivity index (χ0n) is 4.86. The van der Waals surface area contributed by atoms with Crippen LogP contribution in [0.3, 0.4) is 0 Å². The van der Waals surface area contributed by atoms with Gasteiger partial charge >= 0.3 is 7.60 Å². The van der Waals surface area contributed by atoms with Crippen molar-refractivity contribution in [1.82, 2.24) is 0 Å². The van der Waals surface area contributed by atoms with Gasteiger partial charge in [0.1, 0.15) is 0 Å². The van der Waals surface area contributed by atoms with Gasteiger partial charge in [0.2, 0.25) is 0 Å². The molecule has 0 saturated carbocycles. The lowest BCUT2D eigenvalue weighted by atomic mass is 10.4. The summed E-state index contributed by atoms with van der Waals surface area (Å²) in [6.45, 7) is 0.667. The molecule has 1 fully saturated rings. The quantitative estimate of drug-likeness (QED) is 0.439. The van der Waals surface area contributed by atoms with Gasteiger partial charge in [0, 0.05) is 0 Å². The Morgan fingerprint density at radius 1 is 1.67 bits per heavy atom. The second kappa shape index (κ2) is 2.39. The van der Waals surface area contributed by atoms with Gasteiger partial charge in [0.25, 0.3) is 0 Å². The Morgan fingerprint density at radius 2 is 2.22 bits per heavy atom. The highest BCUT2D eigenvalue weighted by Crippen LogP contribution is 2.36. The van der Waals surface area contributed by atoms with E-state index in [4.69, 9.17) is 14.5 Å². The number of ether oxygens (including phenoxy) is 1. The summed E-state index contributed by atoms with van der Waals surface area (Å²) in [6, 6.07) is 0. The van der Waals surface area contributed by atoms with Crippen molar-refractivity contribution in [3.63, 3.8) is 0 Å². The largest absolute Gasteiger partial charge is 0.373 e. The molecule has 0 aromatic heterocycles. The average molecular weight is 152 g/mol. The monoisotopic (exact) mass is 152 g/mol. The highest BCUT2D eigenvalue weighted by Gasteiger charge is 2.25. The molecule has 1 rings (SSSR count). The predicted octanol–water partition coefficient (Wildman–Crippen LogP) is -0.0470. The van der Waals surface area contributed by atoms with Crippen LogP contribution in [0.25, 0.3) is 0 Å². The molecular weight excluding hydrogens is 143 g/mol. The molecule has 0 aliphatic carbocycles. The molecule has 1 aliphatic heterocycles. The van der Waals surface area contributed by atoms with E-state index in [2.05, 4.69) is 0 Å². The van der Waals surface area contributed by atoms with Crippen molar-refractivity contribution < 1.29 is 19.1 Å². The van der Waals surface area contributed by atoms with Gasteiger partial charge in [-0.25, -0.2) is 0 Å². The van der Waals surface area contributed by atoms with Crippen molar-refractivity contribution in [2.45, 2.75) is 12.5 Å². The predicted molar refractivity (Wildman–Crippen MR) is 31.3 cm³/mol. The van der Waals surface area contributed by atoms with Crippen LogP contribution in [0.5, 0.6) is 0 Å². The molecule has 1 atom stereocenters. The summed E-state index contributed by atoms with van der Waals surface area (Å²) in [7, 11) is -3.76. The molecule has 4 nitrogen and oxygen atoms in total. The topological polar surface area (TPSA) is 70.1 Å². The summed E-state index contributed by atoms with van der Waals surface area (Å²) < 4.78 is 15.0. The fourth-order valence-electron chi connectivity index (χ4n) is 0.547. The molecule has 0 bridgehead atoms. The Morgan fingerprint density at radius 3 is 2.56 bits per heavy atom. The first-order valence-corrected chi connectivity index (χ1v) is 4.54. The summed E-state index contributed by atoms with van der Waals surface area (Å²) >= 11 is 0. The minimum Gasteiger partial charge on any atom is -0.373 e. The van der Waals surface area contributed by atoms with Crippen molar-refractivity contribution in [1.29, 1.82) is 0 Å². The van der Waals surface area contributed by atoms with E-state index in [1.54, 1.807) is 0 Å². The third-order valence-electron chi connectivity index (χ3n) is 1.14. The molecule has 0 amide bonds. The van der Waals surface area contributed by atoms with Crippen LogP contribution >= 0.6 is 7.60 Å². The number of hydrogen-bond acceptors (Lipinski definition) is 2. The van der Waals surface area contributed by atoms with Crippen molar-refractivity contribution in [3.05, 3.63) is 0 Å². The summed E-state index contributed by atoms with van der Waals surface area (Å²) in [5, 5.41) is 0. The molecule has 9 heavy (non-hydrogen) atoms. The van der Waals surface area contributed by atoms with Gasteiger partial charge < -0.3 is 14.5 Å². The Balaban J connectivity index is 2.10. The van der Waals surface area contributed by atoms with Gasteiger partial charge in [-0.3, -0.25) is 4.57 Å². The maximum Gasteiger partial charge on any atom is 0.325 e. The van der Waals surface area contributed by atoms with Crippen LogP contribution in [-0.4, -0.2) is 28.7 Å². The maximum absolute atomic E-state index is 10.2. The Bertz CT molecular complexity index is 136. The van der Waals surface area contributed by atoms with Crippen molar-refractivity contribution in [2.24, 2.45) is 0 Å². The minimum absolute atomic E-state index is 0.0440. The van der Waals surface area contributed by atoms with E-state index in [-0.39, 0.29) is 12.3 Å². The third-order valence-corrected chi connectivity index (χ3v) is 1.99. The first kappa shape index (κ1) is 7.22. The summed E-state index contributed by atoms with van der Waals surface area (Å²) in [4.78, 5) is 16.7.